The fourth-order valence-electron chi connectivity index (χ4n) is 4.73. The van der Waals surface area contributed by atoms with Gasteiger partial charge in [-0.1, -0.05) is 31.9 Å². The van der Waals surface area contributed by atoms with Gasteiger partial charge in [0, 0.05) is 5.71 Å². The first kappa shape index (κ1) is 13.7. The number of amides is 1. The highest BCUT2D eigenvalue weighted by Gasteiger charge is 2.66. The van der Waals surface area contributed by atoms with E-state index >= 15 is 0 Å². The Balaban J connectivity index is 1.47. The van der Waals surface area contributed by atoms with Gasteiger partial charge in [0.15, 0.2) is 0 Å². The third-order valence-corrected chi connectivity index (χ3v) is 8.33. The zero-order valence-corrected chi connectivity index (χ0v) is 14.8. The van der Waals surface area contributed by atoms with Gasteiger partial charge in [-0.05, 0) is 69.1 Å². The topological polar surface area (TPSA) is 41.5 Å². The minimum atomic E-state index is -0.372. The monoisotopic (exact) mass is 402 g/mol. The molecule has 20 heavy (non-hydrogen) atoms. The van der Waals surface area contributed by atoms with E-state index in [-0.39, 0.29) is 14.6 Å². The molecule has 0 heterocycles. The molecule has 0 radical (unpaired) electrons. The number of halogens is 2. The summed E-state index contributed by atoms with van der Waals surface area (Å²) in [4.78, 5) is 12.3. The minimum Gasteiger partial charge on any atom is -0.272 e. The van der Waals surface area contributed by atoms with Crippen molar-refractivity contribution < 1.29 is 4.79 Å². The lowest BCUT2D eigenvalue weighted by Gasteiger charge is -2.50. The van der Waals surface area contributed by atoms with E-state index in [4.69, 9.17) is 0 Å². The molecule has 5 saturated carbocycles. The van der Waals surface area contributed by atoms with Crippen LogP contribution in [0.5, 0.6) is 0 Å². The Kier molecular flexibility index (Phi) is 2.96. The molecule has 0 aliphatic heterocycles. The smallest absolute Gasteiger partial charge is 0.248 e. The lowest BCUT2D eigenvalue weighted by Crippen LogP contribution is -2.46. The van der Waals surface area contributed by atoms with Crippen molar-refractivity contribution in [3.8, 4) is 0 Å². The highest BCUT2D eigenvalue weighted by molar-refractivity contribution is 9.25. The summed E-state index contributed by atoms with van der Waals surface area (Å²) in [5.74, 6) is 3.21. The molecular formula is C15H20Br2N2O. The second-order valence-electron chi connectivity index (χ2n) is 7.50. The van der Waals surface area contributed by atoms with Gasteiger partial charge in [0.25, 0.3) is 0 Å². The van der Waals surface area contributed by atoms with E-state index in [1.165, 1.54) is 37.8 Å². The first-order valence-electron chi connectivity index (χ1n) is 7.65. The van der Waals surface area contributed by atoms with Crippen LogP contribution in [0.25, 0.3) is 0 Å². The number of hydrogen-bond acceptors (Lipinski definition) is 2. The fourth-order valence-corrected chi connectivity index (χ4v) is 6.22. The summed E-state index contributed by atoms with van der Waals surface area (Å²) < 4.78 is -0.235. The SMILES string of the molecule is CC1(C(=O)NN=C2C3CC4CC(C3)CC2C4)CC1(Br)Br. The second kappa shape index (κ2) is 4.31. The van der Waals surface area contributed by atoms with Crippen LogP contribution in [0.1, 0.15) is 45.4 Å². The van der Waals surface area contributed by atoms with Crippen LogP contribution in [-0.2, 0) is 4.79 Å². The molecule has 1 N–H and O–H groups in total. The number of nitrogens with zero attached hydrogens (tertiary/aromatic N) is 1. The highest BCUT2D eigenvalue weighted by Crippen LogP contribution is 2.66. The minimum absolute atomic E-state index is 0.0348. The zero-order chi connectivity index (χ0) is 14.1. The van der Waals surface area contributed by atoms with Crippen molar-refractivity contribution >= 4 is 43.5 Å². The van der Waals surface area contributed by atoms with Gasteiger partial charge in [0.2, 0.25) is 5.91 Å². The average molecular weight is 404 g/mol. The predicted molar refractivity (Wildman–Crippen MR) is 85.9 cm³/mol. The predicted octanol–water partition coefficient (Wildman–Crippen LogP) is 3.81. The van der Waals surface area contributed by atoms with Gasteiger partial charge in [0.05, 0.1) is 8.65 Å². The number of rotatable bonds is 2. The van der Waals surface area contributed by atoms with E-state index in [1.54, 1.807) is 0 Å². The summed E-state index contributed by atoms with van der Waals surface area (Å²) in [5.41, 5.74) is 3.78. The van der Waals surface area contributed by atoms with Crippen LogP contribution in [-0.4, -0.2) is 14.9 Å². The Morgan fingerprint density at radius 1 is 1.15 bits per heavy atom. The van der Waals surface area contributed by atoms with Crippen LogP contribution in [0.15, 0.2) is 5.10 Å². The van der Waals surface area contributed by atoms with Crippen LogP contribution >= 0.6 is 31.9 Å². The summed E-state index contributed by atoms with van der Waals surface area (Å²) in [7, 11) is 0. The van der Waals surface area contributed by atoms with Crippen molar-refractivity contribution in [1.82, 2.24) is 5.43 Å². The summed E-state index contributed by atoms with van der Waals surface area (Å²) in [5, 5.41) is 4.57. The van der Waals surface area contributed by atoms with Crippen LogP contribution in [0.4, 0.5) is 0 Å². The normalized spacial score (nSPS) is 47.2. The second-order valence-corrected chi connectivity index (χ2v) is 11.3. The maximum Gasteiger partial charge on any atom is 0.248 e. The Hall–Kier alpha value is 0.100. The van der Waals surface area contributed by atoms with Gasteiger partial charge in [-0.3, -0.25) is 4.79 Å². The molecule has 110 valence electrons. The molecule has 1 atom stereocenters. The molecule has 0 aromatic carbocycles. The molecule has 5 aliphatic rings. The summed E-state index contributed by atoms with van der Waals surface area (Å²) >= 11 is 7.09. The van der Waals surface area contributed by atoms with Gasteiger partial charge >= 0.3 is 0 Å². The van der Waals surface area contributed by atoms with E-state index in [0.29, 0.717) is 11.8 Å². The number of hydrazone groups is 1. The van der Waals surface area contributed by atoms with Crippen molar-refractivity contribution in [2.75, 3.05) is 0 Å². The molecule has 3 nitrogen and oxygen atoms in total. The number of nitrogens with one attached hydrogen (secondary N) is 1. The van der Waals surface area contributed by atoms with Crippen LogP contribution in [0.3, 0.4) is 0 Å². The van der Waals surface area contributed by atoms with Crippen LogP contribution < -0.4 is 5.43 Å². The number of carbonyl (C=O) groups is 1. The van der Waals surface area contributed by atoms with Crippen molar-refractivity contribution in [3.05, 3.63) is 0 Å². The van der Waals surface area contributed by atoms with Crippen molar-refractivity contribution in [1.29, 1.82) is 0 Å². The molecule has 5 aliphatic carbocycles. The standard InChI is InChI=1S/C15H20Br2N2O/c1-14(7-15(14,16)17)13(20)19-18-12-10-3-8-2-9(5-10)6-11(12)4-8/h8-11H,2-7H2,1H3,(H,19,20). The third kappa shape index (κ3) is 1.95. The Morgan fingerprint density at radius 3 is 2.10 bits per heavy atom. The molecule has 0 aromatic heterocycles. The zero-order valence-electron chi connectivity index (χ0n) is 11.7. The molecule has 1 unspecified atom stereocenters. The van der Waals surface area contributed by atoms with Crippen molar-refractivity contribution in [3.63, 3.8) is 0 Å². The largest absolute Gasteiger partial charge is 0.272 e. The van der Waals surface area contributed by atoms with E-state index in [2.05, 4.69) is 42.4 Å². The number of hydrogen-bond donors (Lipinski definition) is 1. The van der Waals surface area contributed by atoms with E-state index in [1.807, 2.05) is 6.92 Å². The Morgan fingerprint density at radius 2 is 1.65 bits per heavy atom. The van der Waals surface area contributed by atoms with Gasteiger partial charge in [0.1, 0.15) is 0 Å². The van der Waals surface area contributed by atoms with Crippen molar-refractivity contribution in [2.45, 2.75) is 48.7 Å². The summed E-state index contributed by atoms with van der Waals surface area (Å²) in [6.07, 6.45) is 7.48. The lowest BCUT2D eigenvalue weighted by atomic mass is 9.55. The average Bonchev–Trinajstić information content (AvgIpc) is 2.88. The molecular weight excluding hydrogens is 384 g/mol. The first-order chi connectivity index (χ1) is 9.39. The molecule has 0 spiro atoms. The van der Waals surface area contributed by atoms with Gasteiger partial charge in [-0.25, -0.2) is 5.43 Å². The van der Waals surface area contributed by atoms with Gasteiger partial charge < -0.3 is 0 Å². The van der Waals surface area contributed by atoms with Crippen LogP contribution in [0, 0.1) is 29.1 Å². The molecule has 0 aromatic rings. The number of alkyl halides is 2. The van der Waals surface area contributed by atoms with Crippen molar-refractivity contribution in [2.24, 2.45) is 34.2 Å². The maximum atomic E-state index is 12.3. The molecule has 5 rings (SSSR count). The highest BCUT2D eigenvalue weighted by atomic mass is 79.9. The molecule has 5 fully saturated rings. The van der Waals surface area contributed by atoms with Gasteiger partial charge in [-0.15, -0.1) is 0 Å². The fraction of sp³-hybridized carbons (Fsp3) is 0.867. The Labute approximate surface area is 136 Å². The first-order valence-corrected chi connectivity index (χ1v) is 9.23. The summed E-state index contributed by atoms with van der Waals surface area (Å²) in [6, 6.07) is 0. The van der Waals surface area contributed by atoms with Crippen LogP contribution in [0.2, 0.25) is 0 Å². The lowest BCUT2D eigenvalue weighted by molar-refractivity contribution is -0.125. The molecule has 5 heteroatoms. The summed E-state index contributed by atoms with van der Waals surface area (Å²) in [6.45, 7) is 1.98. The number of carbonyl (C=O) groups excluding carboxylic acids is 1. The van der Waals surface area contributed by atoms with Gasteiger partial charge in [-0.2, -0.15) is 5.10 Å². The molecule has 4 bridgehead atoms. The maximum absolute atomic E-state index is 12.3. The molecule has 1 amide bonds. The van der Waals surface area contributed by atoms with E-state index in [9.17, 15) is 4.79 Å². The van der Waals surface area contributed by atoms with E-state index in [0.717, 1.165) is 18.3 Å². The van der Waals surface area contributed by atoms with E-state index < -0.39 is 0 Å². The quantitative estimate of drug-likeness (QED) is 0.552. The third-order valence-electron chi connectivity index (χ3n) is 6.02. The molecule has 0 saturated heterocycles. The Bertz CT molecular complexity index is 472.